The van der Waals surface area contributed by atoms with Crippen molar-refractivity contribution in [3.63, 3.8) is 0 Å². The van der Waals surface area contributed by atoms with Crippen molar-refractivity contribution in [1.82, 2.24) is 15.3 Å². The Bertz CT molecular complexity index is 227. The molecule has 1 aromatic rings. The fourth-order valence-corrected chi connectivity index (χ4v) is 1.02. The molecule has 0 radical (unpaired) electrons. The molecule has 68 valence electrons. The Morgan fingerprint density at radius 1 is 1.58 bits per heavy atom. The maximum absolute atomic E-state index is 4.27. The fraction of sp³-hybridized carbons (Fsp3) is 0.667. The molecule has 3 nitrogen and oxygen atoms in total. The normalized spacial score (nSPS) is 11.0. The van der Waals surface area contributed by atoms with Crippen molar-refractivity contribution >= 4 is 0 Å². The third kappa shape index (κ3) is 2.34. The lowest BCUT2D eigenvalue weighted by molar-refractivity contribution is 0.707. The van der Waals surface area contributed by atoms with Crippen LogP contribution in [0.5, 0.6) is 0 Å². The van der Waals surface area contributed by atoms with Gasteiger partial charge in [-0.3, -0.25) is 0 Å². The number of hydrogen-bond acceptors (Lipinski definition) is 2. The van der Waals surface area contributed by atoms with Crippen LogP contribution in [0.4, 0.5) is 0 Å². The number of rotatable bonds is 4. The summed E-state index contributed by atoms with van der Waals surface area (Å²) in [5.41, 5.74) is 1.17. The first-order valence-electron chi connectivity index (χ1n) is 4.48. The highest BCUT2D eigenvalue weighted by atomic mass is 15.0. The van der Waals surface area contributed by atoms with Gasteiger partial charge in [0.25, 0.3) is 0 Å². The van der Waals surface area contributed by atoms with E-state index in [2.05, 4.69) is 36.1 Å². The minimum Gasteiger partial charge on any atom is -0.345 e. The summed E-state index contributed by atoms with van der Waals surface area (Å²) in [5, 5.41) is 3.25. The maximum Gasteiger partial charge on any atom is 0.108 e. The molecule has 0 saturated carbocycles. The van der Waals surface area contributed by atoms with Gasteiger partial charge in [-0.25, -0.2) is 4.98 Å². The van der Waals surface area contributed by atoms with Gasteiger partial charge in [0.15, 0.2) is 0 Å². The zero-order valence-electron chi connectivity index (χ0n) is 8.02. The molecule has 0 aliphatic carbocycles. The number of imidazole rings is 1. The van der Waals surface area contributed by atoms with Gasteiger partial charge in [0.05, 0.1) is 0 Å². The molecule has 1 heterocycles. The molecular formula is C9H17N3. The molecule has 0 fully saturated rings. The van der Waals surface area contributed by atoms with E-state index in [1.807, 2.05) is 6.20 Å². The van der Waals surface area contributed by atoms with E-state index in [1.54, 1.807) is 0 Å². The highest BCUT2D eigenvalue weighted by molar-refractivity contribution is 5.03. The Balaban J connectivity index is 2.52. The van der Waals surface area contributed by atoms with Crippen molar-refractivity contribution in [1.29, 1.82) is 0 Å². The molecule has 0 unspecified atom stereocenters. The van der Waals surface area contributed by atoms with E-state index in [4.69, 9.17) is 0 Å². The number of hydrogen-bond donors (Lipinski definition) is 2. The van der Waals surface area contributed by atoms with Crippen molar-refractivity contribution in [3.8, 4) is 0 Å². The second kappa shape index (κ2) is 4.26. The summed E-state index contributed by atoms with van der Waals surface area (Å²) >= 11 is 0. The smallest absolute Gasteiger partial charge is 0.108 e. The summed E-state index contributed by atoms with van der Waals surface area (Å²) in [6, 6.07) is 0. The number of nitrogens with one attached hydrogen (secondary N) is 2. The molecule has 2 N–H and O–H groups in total. The van der Waals surface area contributed by atoms with Gasteiger partial charge in [-0.15, -0.1) is 0 Å². The molecule has 0 bridgehead atoms. The molecule has 0 amide bonds. The SMILES string of the molecule is CCNCc1cnc(C(C)C)[nH]1. The zero-order chi connectivity index (χ0) is 8.97. The maximum atomic E-state index is 4.27. The van der Waals surface area contributed by atoms with Crippen LogP contribution in [0.25, 0.3) is 0 Å². The summed E-state index contributed by atoms with van der Waals surface area (Å²) in [5.74, 6) is 1.56. The van der Waals surface area contributed by atoms with Crippen LogP contribution >= 0.6 is 0 Å². The Morgan fingerprint density at radius 3 is 2.83 bits per heavy atom. The molecular weight excluding hydrogens is 150 g/mol. The van der Waals surface area contributed by atoms with Crippen molar-refractivity contribution in [2.75, 3.05) is 6.54 Å². The summed E-state index contributed by atoms with van der Waals surface area (Å²) in [6.07, 6.45) is 1.90. The van der Waals surface area contributed by atoms with Gasteiger partial charge in [0.2, 0.25) is 0 Å². The Labute approximate surface area is 73.6 Å². The van der Waals surface area contributed by atoms with Crippen molar-refractivity contribution < 1.29 is 0 Å². The first-order chi connectivity index (χ1) is 5.74. The predicted octanol–water partition coefficient (Wildman–Crippen LogP) is 1.64. The molecule has 0 atom stereocenters. The molecule has 0 aliphatic rings. The van der Waals surface area contributed by atoms with Gasteiger partial charge in [-0.2, -0.15) is 0 Å². The first-order valence-corrected chi connectivity index (χ1v) is 4.48. The molecule has 3 heteroatoms. The van der Waals surface area contributed by atoms with E-state index in [0.29, 0.717) is 5.92 Å². The third-order valence-corrected chi connectivity index (χ3v) is 1.76. The zero-order valence-corrected chi connectivity index (χ0v) is 8.02. The Kier molecular flexibility index (Phi) is 3.29. The fourth-order valence-electron chi connectivity index (χ4n) is 1.02. The Morgan fingerprint density at radius 2 is 2.33 bits per heavy atom. The Hall–Kier alpha value is -0.830. The van der Waals surface area contributed by atoms with Crippen molar-refractivity contribution in [2.45, 2.75) is 33.2 Å². The molecule has 1 rings (SSSR count). The lowest BCUT2D eigenvalue weighted by Crippen LogP contribution is -2.11. The quantitative estimate of drug-likeness (QED) is 0.715. The number of nitrogens with zero attached hydrogens (tertiary/aromatic N) is 1. The average Bonchev–Trinajstić information content (AvgIpc) is 2.48. The molecule has 12 heavy (non-hydrogen) atoms. The number of aromatic amines is 1. The summed E-state index contributed by atoms with van der Waals surface area (Å²) in [7, 11) is 0. The van der Waals surface area contributed by atoms with Gasteiger partial charge in [-0.05, 0) is 6.54 Å². The van der Waals surface area contributed by atoms with Gasteiger partial charge >= 0.3 is 0 Å². The summed E-state index contributed by atoms with van der Waals surface area (Å²) in [4.78, 5) is 7.55. The highest BCUT2D eigenvalue weighted by Crippen LogP contribution is 2.08. The largest absolute Gasteiger partial charge is 0.345 e. The molecule has 0 aromatic carbocycles. The second-order valence-electron chi connectivity index (χ2n) is 3.23. The van der Waals surface area contributed by atoms with Crippen LogP contribution in [0.2, 0.25) is 0 Å². The van der Waals surface area contributed by atoms with Crippen LogP contribution in [0.15, 0.2) is 6.20 Å². The average molecular weight is 167 g/mol. The second-order valence-corrected chi connectivity index (χ2v) is 3.23. The first kappa shape index (κ1) is 9.26. The van der Waals surface area contributed by atoms with E-state index in [-0.39, 0.29) is 0 Å². The van der Waals surface area contributed by atoms with Gasteiger partial charge in [0.1, 0.15) is 5.82 Å². The highest BCUT2D eigenvalue weighted by Gasteiger charge is 2.02. The van der Waals surface area contributed by atoms with E-state index < -0.39 is 0 Å². The van der Waals surface area contributed by atoms with Crippen molar-refractivity contribution in [3.05, 3.63) is 17.7 Å². The number of aromatic nitrogens is 2. The van der Waals surface area contributed by atoms with Crippen LogP contribution in [-0.2, 0) is 6.54 Å². The standard InChI is InChI=1S/C9H17N3/c1-4-10-5-8-6-11-9(12-8)7(2)3/h6-7,10H,4-5H2,1-3H3,(H,11,12). The van der Waals surface area contributed by atoms with E-state index in [9.17, 15) is 0 Å². The van der Waals surface area contributed by atoms with E-state index in [1.165, 1.54) is 5.69 Å². The molecule has 1 aromatic heterocycles. The van der Waals surface area contributed by atoms with Gasteiger partial charge in [0, 0.05) is 24.4 Å². The summed E-state index contributed by atoms with van der Waals surface area (Å²) < 4.78 is 0. The van der Waals surface area contributed by atoms with Crippen LogP contribution in [0.3, 0.4) is 0 Å². The third-order valence-electron chi connectivity index (χ3n) is 1.76. The topological polar surface area (TPSA) is 40.7 Å². The predicted molar refractivity (Wildman–Crippen MR) is 50.1 cm³/mol. The lowest BCUT2D eigenvalue weighted by Gasteiger charge is -1.99. The van der Waals surface area contributed by atoms with E-state index in [0.717, 1.165) is 18.9 Å². The lowest BCUT2D eigenvalue weighted by atomic mass is 10.2. The van der Waals surface area contributed by atoms with Crippen LogP contribution in [0.1, 0.15) is 38.2 Å². The van der Waals surface area contributed by atoms with Crippen LogP contribution in [0, 0.1) is 0 Å². The molecule has 0 saturated heterocycles. The van der Waals surface area contributed by atoms with Crippen molar-refractivity contribution in [2.24, 2.45) is 0 Å². The number of H-pyrrole nitrogens is 1. The van der Waals surface area contributed by atoms with Crippen LogP contribution in [-0.4, -0.2) is 16.5 Å². The minimum absolute atomic E-state index is 0.486. The van der Waals surface area contributed by atoms with E-state index >= 15 is 0 Å². The minimum atomic E-state index is 0.486. The summed E-state index contributed by atoms with van der Waals surface area (Å²) in [6.45, 7) is 8.25. The monoisotopic (exact) mass is 167 g/mol. The molecule has 0 aliphatic heterocycles. The van der Waals surface area contributed by atoms with Gasteiger partial charge < -0.3 is 10.3 Å². The van der Waals surface area contributed by atoms with Crippen LogP contribution < -0.4 is 5.32 Å². The van der Waals surface area contributed by atoms with Gasteiger partial charge in [-0.1, -0.05) is 20.8 Å². The molecule has 0 spiro atoms.